The zero-order valence-electron chi connectivity index (χ0n) is 15.6. The predicted molar refractivity (Wildman–Crippen MR) is 97.3 cm³/mol. The second kappa shape index (κ2) is 6.22. The first kappa shape index (κ1) is 17.0. The standard InChI is InChI=1S/C22H34O/c1-5-22(6-2)8-7-17(15-22)12-20(23)21(4)13-16(3)9-18-10-19(11-18)14-21/h12,14,16,18H,5-11,13,15H2,1-4H3/b17-12-,19-14?. The summed E-state index contributed by atoms with van der Waals surface area (Å²) in [6, 6.07) is 0. The van der Waals surface area contributed by atoms with Gasteiger partial charge in [0.05, 0.1) is 0 Å². The van der Waals surface area contributed by atoms with Crippen molar-refractivity contribution in [2.75, 3.05) is 0 Å². The van der Waals surface area contributed by atoms with Crippen LogP contribution in [0.15, 0.2) is 23.3 Å². The highest BCUT2D eigenvalue weighted by Gasteiger charge is 2.39. The van der Waals surface area contributed by atoms with Crippen LogP contribution in [-0.2, 0) is 4.79 Å². The van der Waals surface area contributed by atoms with Crippen LogP contribution in [0.25, 0.3) is 0 Å². The molecule has 23 heavy (non-hydrogen) atoms. The Morgan fingerprint density at radius 2 is 2.00 bits per heavy atom. The van der Waals surface area contributed by atoms with Crippen LogP contribution in [0, 0.1) is 22.7 Å². The first-order valence-corrected chi connectivity index (χ1v) is 9.82. The third kappa shape index (κ3) is 3.35. The molecule has 128 valence electrons. The molecule has 0 radical (unpaired) electrons. The molecule has 0 spiro atoms. The van der Waals surface area contributed by atoms with Crippen molar-refractivity contribution >= 4 is 5.78 Å². The van der Waals surface area contributed by atoms with E-state index in [1.165, 1.54) is 44.1 Å². The van der Waals surface area contributed by atoms with Gasteiger partial charge in [-0.25, -0.2) is 0 Å². The van der Waals surface area contributed by atoms with Crippen LogP contribution in [-0.4, -0.2) is 5.78 Å². The second-order valence-electron chi connectivity index (χ2n) is 9.09. The van der Waals surface area contributed by atoms with Crippen molar-refractivity contribution in [3.63, 3.8) is 0 Å². The van der Waals surface area contributed by atoms with Gasteiger partial charge in [-0.3, -0.25) is 4.79 Å². The van der Waals surface area contributed by atoms with Gasteiger partial charge in [0, 0.05) is 5.41 Å². The molecule has 0 aromatic rings. The summed E-state index contributed by atoms with van der Waals surface area (Å²) in [5, 5.41) is 0. The molecule has 2 atom stereocenters. The lowest BCUT2D eigenvalue weighted by atomic mass is 9.64. The molecule has 2 unspecified atom stereocenters. The van der Waals surface area contributed by atoms with Crippen molar-refractivity contribution < 1.29 is 4.79 Å². The van der Waals surface area contributed by atoms with Crippen molar-refractivity contribution in [3.05, 3.63) is 23.3 Å². The van der Waals surface area contributed by atoms with E-state index in [0.29, 0.717) is 17.1 Å². The third-order valence-corrected chi connectivity index (χ3v) is 7.11. The van der Waals surface area contributed by atoms with Crippen LogP contribution in [0.4, 0.5) is 0 Å². The van der Waals surface area contributed by atoms with Crippen LogP contribution in [0.3, 0.4) is 0 Å². The Bertz CT molecular complexity index is 526. The van der Waals surface area contributed by atoms with E-state index < -0.39 is 0 Å². The maximum Gasteiger partial charge on any atom is 0.165 e. The average molecular weight is 315 g/mol. The molecule has 4 aliphatic rings. The predicted octanol–water partition coefficient (Wildman–Crippen LogP) is 6.24. The first-order chi connectivity index (χ1) is 10.9. The Morgan fingerprint density at radius 1 is 1.30 bits per heavy atom. The highest BCUT2D eigenvalue weighted by Crippen LogP contribution is 2.48. The summed E-state index contributed by atoms with van der Waals surface area (Å²) in [6.07, 6.45) is 15.3. The van der Waals surface area contributed by atoms with Crippen molar-refractivity contribution in [3.8, 4) is 0 Å². The molecular formula is C22H34O. The number of hydrogen-bond acceptors (Lipinski definition) is 1. The van der Waals surface area contributed by atoms with Crippen LogP contribution < -0.4 is 0 Å². The summed E-state index contributed by atoms with van der Waals surface area (Å²) >= 11 is 0. The fourth-order valence-electron chi connectivity index (χ4n) is 5.43. The topological polar surface area (TPSA) is 17.1 Å². The Hall–Kier alpha value is -0.850. The smallest absolute Gasteiger partial charge is 0.165 e. The van der Waals surface area contributed by atoms with Crippen LogP contribution in [0.2, 0.25) is 0 Å². The minimum atomic E-state index is -0.253. The lowest BCUT2D eigenvalue weighted by Crippen LogP contribution is -2.33. The lowest BCUT2D eigenvalue weighted by molar-refractivity contribution is -0.121. The fraction of sp³-hybridized carbons (Fsp3) is 0.773. The molecule has 2 bridgehead atoms. The molecule has 0 aromatic carbocycles. The van der Waals surface area contributed by atoms with Gasteiger partial charge in [-0.05, 0) is 75.2 Å². The first-order valence-electron chi connectivity index (χ1n) is 9.82. The second-order valence-corrected chi connectivity index (χ2v) is 9.09. The molecule has 1 nitrogen and oxygen atoms in total. The van der Waals surface area contributed by atoms with Gasteiger partial charge >= 0.3 is 0 Å². The fourth-order valence-corrected chi connectivity index (χ4v) is 5.43. The molecule has 0 amide bonds. The molecule has 0 N–H and O–H groups in total. The molecule has 0 heterocycles. The minimum Gasteiger partial charge on any atom is -0.294 e. The Balaban J connectivity index is 1.78. The van der Waals surface area contributed by atoms with Crippen molar-refractivity contribution in [2.24, 2.45) is 22.7 Å². The monoisotopic (exact) mass is 314 g/mol. The summed E-state index contributed by atoms with van der Waals surface area (Å²) in [7, 11) is 0. The van der Waals surface area contributed by atoms with Gasteiger partial charge in [-0.15, -0.1) is 0 Å². The van der Waals surface area contributed by atoms with Crippen molar-refractivity contribution in [1.29, 1.82) is 0 Å². The highest BCUT2D eigenvalue weighted by atomic mass is 16.1. The number of hydrogen-bond donors (Lipinski definition) is 0. The molecule has 4 aliphatic carbocycles. The molecule has 2 saturated carbocycles. The maximum absolute atomic E-state index is 13.1. The molecule has 0 aliphatic heterocycles. The van der Waals surface area contributed by atoms with Gasteiger partial charge in [-0.2, -0.15) is 0 Å². The largest absolute Gasteiger partial charge is 0.294 e. The van der Waals surface area contributed by atoms with Gasteiger partial charge < -0.3 is 0 Å². The summed E-state index contributed by atoms with van der Waals surface area (Å²) in [6.45, 7) is 9.15. The van der Waals surface area contributed by atoms with Crippen molar-refractivity contribution in [1.82, 2.24) is 0 Å². The minimum absolute atomic E-state index is 0.253. The number of ketones is 1. The molecular weight excluding hydrogens is 280 g/mol. The van der Waals surface area contributed by atoms with E-state index in [1.54, 1.807) is 5.57 Å². The molecule has 4 rings (SSSR count). The van der Waals surface area contributed by atoms with Crippen LogP contribution in [0.5, 0.6) is 0 Å². The summed E-state index contributed by atoms with van der Waals surface area (Å²) in [4.78, 5) is 13.1. The van der Waals surface area contributed by atoms with Crippen molar-refractivity contribution in [2.45, 2.75) is 85.5 Å². The Labute approximate surface area is 142 Å². The third-order valence-electron chi connectivity index (χ3n) is 7.11. The van der Waals surface area contributed by atoms with Gasteiger partial charge in [-0.1, -0.05) is 50.8 Å². The number of allylic oxidation sites excluding steroid dienone is 4. The SMILES string of the molecule is CCC1(CC)CC/C(=C/C(=O)C2(C)C=C3CC(C3)CC(C)C2)C1. The average Bonchev–Trinajstić information content (AvgIpc) is 2.86. The summed E-state index contributed by atoms with van der Waals surface area (Å²) in [5.74, 6) is 1.94. The number of carbonyl (C=O) groups excluding carboxylic acids is 1. The van der Waals surface area contributed by atoms with Gasteiger partial charge in [0.1, 0.15) is 0 Å². The highest BCUT2D eigenvalue weighted by molar-refractivity contribution is 5.96. The Morgan fingerprint density at radius 3 is 2.61 bits per heavy atom. The zero-order valence-corrected chi connectivity index (χ0v) is 15.6. The number of rotatable bonds is 4. The lowest BCUT2D eigenvalue weighted by Gasteiger charge is -2.40. The van der Waals surface area contributed by atoms with E-state index >= 15 is 0 Å². The summed E-state index contributed by atoms with van der Waals surface area (Å²) < 4.78 is 0. The van der Waals surface area contributed by atoms with E-state index in [9.17, 15) is 4.79 Å². The van der Waals surface area contributed by atoms with Crippen LogP contribution >= 0.6 is 0 Å². The van der Waals surface area contributed by atoms with Gasteiger partial charge in [0.15, 0.2) is 5.78 Å². The molecule has 0 aromatic heterocycles. The quantitative estimate of drug-likeness (QED) is 0.443. The van der Waals surface area contributed by atoms with E-state index in [0.717, 1.165) is 25.2 Å². The van der Waals surface area contributed by atoms with Crippen LogP contribution in [0.1, 0.15) is 85.5 Å². The van der Waals surface area contributed by atoms with Gasteiger partial charge in [0.25, 0.3) is 0 Å². The van der Waals surface area contributed by atoms with E-state index in [2.05, 4.69) is 39.8 Å². The number of fused-ring (bicyclic) bond motifs is 4. The number of carbonyl (C=O) groups is 1. The Kier molecular flexibility index (Phi) is 4.60. The maximum atomic E-state index is 13.1. The molecule has 1 heteroatoms. The van der Waals surface area contributed by atoms with Gasteiger partial charge in [0.2, 0.25) is 0 Å². The zero-order chi connectivity index (χ0) is 16.7. The molecule has 2 fully saturated rings. The molecule has 0 saturated heterocycles. The normalized spacial score (nSPS) is 37.7. The van der Waals surface area contributed by atoms with E-state index in [1.807, 2.05) is 0 Å². The van der Waals surface area contributed by atoms with E-state index in [4.69, 9.17) is 0 Å². The van der Waals surface area contributed by atoms with E-state index in [-0.39, 0.29) is 5.41 Å². The summed E-state index contributed by atoms with van der Waals surface area (Å²) in [5.41, 5.74) is 3.18.